The van der Waals surface area contributed by atoms with Crippen LogP contribution in [0.2, 0.25) is 0 Å². The molecule has 2 fully saturated rings. The van der Waals surface area contributed by atoms with Crippen LogP contribution in [0.25, 0.3) is 0 Å². The molecular formula is C15H19N3O3. The molecule has 2 saturated heterocycles. The van der Waals surface area contributed by atoms with Gasteiger partial charge in [-0.15, -0.1) is 0 Å². The summed E-state index contributed by atoms with van der Waals surface area (Å²) in [6.07, 6.45) is 0.253. The Labute approximate surface area is 123 Å². The van der Waals surface area contributed by atoms with Crippen molar-refractivity contribution in [1.82, 2.24) is 10.2 Å². The number of piperazine rings is 1. The number of nitrogens with one attached hydrogen (secondary N) is 1. The van der Waals surface area contributed by atoms with Crippen molar-refractivity contribution >= 4 is 17.7 Å². The Kier molecular flexibility index (Phi) is 3.79. The summed E-state index contributed by atoms with van der Waals surface area (Å²) < 4.78 is 4.65. The maximum absolute atomic E-state index is 12.4. The molecule has 112 valence electrons. The molecule has 2 amide bonds. The highest BCUT2D eigenvalue weighted by atomic mass is 16.5. The molecule has 6 heteroatoms. The Morgan fingerprint density at radius 3 is 2.81 bits per heavy atom. The summed E-state index contributed by atoms with van der Waals surface area (Å²) >= 11 is 0. The van der Waals surface area contributed by atoms with E-state index in [9.17, 15) is 9.59 Å². The maximum atomic E-state index is 12.4. The second kappa shape index (κ2) is 5.73. The number of fused-ring (bicyclic) bond motifs is 1. The molecule has 1 N–H and O–H groups in total. The first-order valence-electron chi connectivity index (χ1n) is 7.13. The minimum Gasteiger partial charge on any atom is -0.469 e. The number of esters is 1. The highest BCUT2D eigenvalue weighted by Gasteiger charge is 2.38. The van der Waals surface area contributed by atoms with Crippen LogP contribution in [0.4, 0.5) is 10.5 Å². The summed E-state index contributed by atoms with van der Waals surface area (Å²) in [6.45, 7) is 3.18. The van der Waals surface area contributed by atoms with E-state index >= 15 is 0 Å². The van der Waals surface area contributed by atoms with Crippen LogP contribution in [-0.2, 0) is 16.0 Å². The van der Waals surface area contributed by atoms with Crippen molar-refractivity contribution in [2.24, 2.45) is 0 Å². The molecule has 2 heterocycles. The van der Waals surface area contributed by atoms with Crippen molar-refractivity contribution in [2.45, 2.75) is 12.5 Å². The number of benzene rings is 1. The molecule has 1 atom stereocenters. The number of nitrogens with zero attached hydrogens (tertiary/aromatic N) is 2. The van der Waals surface area contributed by atoms with E-state index in [-0.39, 0.29) is 24.5 Å². The lowest BCUT2D eigenvalue weighted by Gasteiger charge is -2.28. The van der Waals surface area contributed by atoms with Crippen LogP contribution in [0.1, 0.15) is 5.56 Å². The zero-order chi connectivity index (χ0) is 14.8. The van der Waals surface area contributed by atoms with E-state index in [1.165, 1.54) is 7.11 Å². The molecule has 0 unspecified atom stereocenters. The van der Waals surface area contributed by atoms with Crippen molar-refractivity contribution in [1.29, 1.82) is 0 Å². The predicted molar refractivity (Wildman–Crippen MR) is 78.3 cm³/mol. The molecule has 0 aromatic heterocycles. The number of carbonyl (C=O) groups is 2. The van der Waals surface area contributed by atoms with Gasteiger partial charge in [0.25, 0.3) is 0 Å². The molecule has 0 aliphatic carbocycles. The van der Waals surface area contributed by atoms with Gasteiger partial charge in [-0.05, 0) is 17.7 Å². The monoisotopic (exact) mass is 289 g/mol. The Morgan fingerprint density at radius 2 is 2.14 bits per heavy atom. The number of ether oxygens (including phenoxy) is 1. The van der Waals surface area contributed by atoms with Crippen molar-refractivity contribution in [2.75, 3.05) is 38.2 Å². The summed E-state index contributed by atoms with van der Waals surface area (Å²) in [4.78, 5) is 27.4. The molecule has 1 aromatic rings. The lowest BCUT2D eigenvalue weighted by molar-refractivity contribution is -0.139. The quantitative estimate of drug-likeness (QED) is 0.829. The molecule has 2 aliphatic heterocycles. The van der Waals surface area contributed by atoms with Crippen molar-refractivity contribution in [3.63, 3.8) is 0 Å². The largest absolute Gasteiger partial charge is 0.469 e. The van der Waals surface area contributed by atoms with Crippen molar-refractivity contribution < 1.29 is 14.3 Å². The van der Waals surface area contributed by atoms with Crippen LogP contribution in [0.15, 0.2) is 24.3 Å². The molecule has 0 bridgehead atoms. The second-order valence-electron chi connectivity index (χ2n) is 5.36. The van der Waals surface area contributed by atoms with Gasteiger partial charge in [0, 0.05) is 31.9 Å². The van der Waals surface area contributed by atoms with E-state index < -0.39 is 0 Å². The number of urea groups is 1. The van der Waals surface area contributed by atoms with Gasteiger partial charge in [0.05, 0.1) is 19.6 Å². The summed E-state index contributed by atoms with van der Waals surface area (Å²) in [6, 6.07) is 7.84. The fourth-order valence-corrected chi connectivity index (χ4v) is 2.87. The summed E-state index contributed by atoms with van der Waals surface area (Å²) in [5.74, 6) is -0.261. The fraction of sp³-hybridized carbons (Fsp3) is 0.467. The fourth-order valence-electron chi connectivity index (χ4n) is 2.87. The number of carbonyl (C=O) groups excluding carboxylic acids is 2. The third-order valence-electron chi connectivity index (χ3n) is 4.04. The molecule has 0 saturated carbocycles. The normalized spacial score (nSPS) is 21.4. The number of hydrogen-bond donors (Lipinski definition) is 1. The first kappa shape index (κ1) is 13.9. The predicted octanol–water partition coefficient (Wildman–Crippen LogP) is 0.616. The van der Waals surface area contributed by atoms with Gasteiger partial charge in [-0.3, -0.25) is 9.69 Å². The highest BCUT2D eigenvalue weighted by molar-refractivity contribution is 5.94. The SMILES string of the molecule is COC(=O)Cc1ccc(N2C[C@@H]3CNCCN3C2=O)cc1. The lowest BCUT2D eigenvalue weighted by atomic mass is 10.1. The van der Waals surface area contributed by atoms with Crippen LogP contribution in [0.5, 0.6) is 0 Å². The Bertz CT molecular complexity index is 544. The minimum atomic E-state index is -0.261. The molecule has 0 spiro atoms. The Hall–Kier alpha value is -2.08. The summed E-state index contributed by atoms with van der Waals surface area (Å²) in [7, 11) is 1.38. The highest BCUT2D eigenvalue weighted by Crippen LogP contribution is 2.25. The van der Waals surface area contributed by atoms with E-state index in [0.29, 0.717) is 6.54 Å². The zero-order valence-electron chi connectivity index (χ0n) is 12.0. The standard InChI is InChI=1S/C15H19N3O3/c1-21-14(19)8-11-2-4-12(5-3-11)18-10-13-9-16-6-7-17(13)15(18)20/h2-5,13,16H,6-10H2,1H3/t13-/m0/s1. The van der Waals surface area contributed by atoms with Crippen LogP contribution in [0.3, 0.4) is 0 Å². The molecule has 0 radical (unpaired) electrons. The van der Waals surface area contributed by atoms with Crippen molar-refractivity contribution in [3.8, 4) is 0 Å². The van der Waals surface area contributed by atoms with Crippen LogP contribution in [-0.4, -0.2) is 56.2 Å². The third-order valence-corrected chi connectivity index (χ3v) is 4.04. The van der Waals surface area contributed by atoms with E-state index in [0.717, 1.165) is 30.9 Å². The van der Waals surface area contributed by atoms with Gasteiger partial charge in [-0.2, -0.15) is 0 Å². The van der Waals surface area contributed by atoms with Gasteiger partial charge in [0.2, 0.25) is 0 Å². The number of anilines is 1. The molecule has 2 aliphatic rings. The van der Waals surface area contributed by atoms with Gasteiger partial charge in [-0.25, -0.2) is 4.79 Å². The van der Waals surface area contributed by atoms with Gasteiger partial charge in [0.1, 0.15) is 0 Å². The summed E-state index contributed by atoms with van der Waals surface area (Å²) in [5.41, 5.74) is 1.76. The van der Waals surface area contributed by atoms with E-state index in [2.05, 4.69) is 10.1 Å². The van der Waals surface area contributed by atoms with E-state index in [4.69, 9.17) is 0 Å². The van der Waals surface area contributed by atoms with Gasteiger partial charge in [0.15, 0.2) is 0 Å². The van der Waals surface area contributed by atoms with Crippen molar-refractivity contribution in [3.05, 3.63) is 29.8 Å². The first-order valence-corrected chi connectivity index (χ1v) is 7.13. The van der Waals surface area contributed by atoms with E-state index in [1.54, 1.807) is 4.90 Å². The average Bonchev–Trinajstić information content (AvgIpc) is 2.85. The topological polar surface area (TPSA) is 61.9 Å². The van der Waals surface area contributed by atoms with E-state index in [1.807, 2.05) is 29.2 Å². The number of amides is 2. The van der Waals surface area contributed by atoms with Crippen LogP contribution >= 0.6 is 0 Å². The van der Waals surface area contributed by atoms with Gasteiger partial charge in [-0.1, -0.05) is 12.1 Å². The molecule has 1 aromatic carbocycles. The van der Waals surface area contributed by atoms with Gasteiger partial charge >= 0.3 is 12.0 Å². The first-order chi connectivity index (χ1) is 10.2. The van der Waals surface area contributed by atoms with Crippen LogP contribution in [0, 0.1) is 0 Å². The van der Waals surface area contributed by atoms with Gasteiger partial charge < -0.3 is 15.0 Å². The lowest BCUT2D eigenvalue weighted by Crippen LogP contribution is -2.49. The Balaban J connectivity index is 1.72. The Morgan fingerprint density at radius 1 is 1.38 bits per heavy atom. The van der Waals surface area contributed by atoms with Crippen LogP contribution < -0.4 is 10.2 Å². The molecule has 21 heavy (non-hydrogen) atoms. The average molecular weight is 289 g/mol. The third kappa shape index (κ3) is 2.71. The number of hydrogen-bond acceptors (Lipinski definition) is 4. The molecular weight excluding hydrogens is 270 g/mol. The smallest absolute Gasteiger partial charge is 0.324 e. The number of methoxy groups -OCH3 is 1. The maximum Gasteiger partial charge on any atom is 0.324 e. The number of rotatable bonds is 3. The zero-order valence-corrected chi connectivity index (χ0v) is 12.0. The molecule has 6 nitrogen and oxygen atoms in total. The second-order valence-corrected chi connectivity index (χ2v) is 5.36. The molecule has 3 rings (SSSR count). The minimum absolute atomic E-state index is 0.0715. The summed E-state index contributed by atoms with van der Waals surface area (Å²) in [5, 5.41) is 3.31.